The number of nitrogens with one attached hydrogen (secondary N) is 1. The molecule has 0 spiro atoms. The van der Waals surface area contributed by atoms with E-state index in [-0.39, 0.29) is 5.91 Å². The second-order valence-electron chi connectivity index (χ2n) is 4.17. The fraction of sp³-hybridized carbons (Fsp3) is 0.462. The fourth-order valence-corrected chi connectivity index (χ4v) is 1.99. The predicted molar refractivity (Wildman–Crippen MR) is 75.5 cm³/mol. The molecular formula is C13H20N2OS. The normalized spacial score (nSPS) is 10.6. The van der Waals surface area contributed by atoms with E-state index in [1.165, 1.54) is 5.56 Å². The number of thioether (sulfide) groups is 1. The van der Waals surface area contributed by atoms with Gasteiger partial charge >= 0.3 is 0 Å². The highest BCUT2D eigenvalue weighted by Crippen LogP contribution is 2.18. The van der Waals surface area contributed by atoms with Gasteiger partial charge in [-0.1, -0.05) is 26.0 Å². The second-order valence-corrected chi connectivity index (χ2v) is 5.27. The summed E-state index contributed by atoms with van der Waals surface area (Å²) in [6.45, 7) is 4.89. The maximum atomic E-state index is 11.6. The summed E-state index contributed by atoms with van der Waals surface area (Å²) >= 11 is 1.55. The van der Waals surface area contributed by atoms with E-state index in [4.69, 9.17) is 5.73 Å². The van der Waals surface area contributed by atoms with Gasteiger partial charge < -0.3 is 11.1 Å². The third-order valence-electron chi connectivity index (χ3n) is 2.33. The molecule has 3 nitrogen and oxygen atoms in total. The topological polar surface area (TPSA) is 55.1 Å². The minimum atomic E-state index is 0.0318. The maximum Gasteiger partial charge on any atom is 0.234 e. The third kappa shape index (κ3) is 5.24. The van der Waals surface area contributed by atoms with Crippen LogP contribution in [0.4, 0.5) is 5.69 Å². The molecule has 1 amide bonds. The summed E-state index contributed by atoms with van der Waals surface area (Å²) in [6.07, 6.45) is 0. The average molecular weight is 252 g/mol. The summed E-state index contributed by atoms with van der Waals surface area (Å²) in [5.74, 6) is 1.78. The molecule has 0 saturated carbocycles. The number of hydrogen-bond donors (Lipinski definition) is 2. The van der Waals surface area contributed by atoms with Gasteiger partial charge in [-0.15, -0.1) is 0 Å². The Kier molecular flexibility index (Phi) is 6.08. The number of hydrogen-bond acceptors (Lipinski definition) is 3. The van der Waals surface area contributed by atoms with Gasteiger partial charge in [-0.3, -0.25) is 4.79 Å². The van der Waals surface area contributed by atoms with Crippen LogP contribution >= 0.6 is 11.8 Å². The summed E-state index contributed by atoms with van der Waals surface area (Å²) in [7, 11) is 0. The Hall–Kier alpha value is -1.00. The molecule has 0 unspecified atom stereocenters. The Morgan fingerprint density at radius 1 is 1.47 bits per heavy atom. The predicted octanol–water partition coefficient (Wildman–Crippen LogP) is 2.44. The van der Waals surface area contributed by atoms with Crippen LogP contribution in [-0.4, -0.2) is 24.0 Å². The zero-order valence-corrected chi connectivity index (χ0v) is 11.2. The van der Waals surface area contributed by atoms with Crippen molar-refractivity contribution in [3.05, 3.63) is 29.8 Å². The second kappa shape index (κ2) is 7.35. The summed E-state index contributed by atoms with van der Waals surface area (Å²) in [5.41, 5.74) is 7.47. The molecule has 17 heavy (non-hydrogen) atoms. The molecule has 0 saturated heterocycles. The minimum absolute atomic E-state index is 0.0318. The van der Waals surface area contributed by atoms with Gasteiger partial charge in [0.1, 0.15) is 0 Å². The van der Waals surface area contributed by atoms with Crippen molar-refractivity contribution in [3.63, 3.8) is 0 Å². The minimum Gasteiger partial charge on any atom is -0.330 e. The van der Waals surface area contributed by atoms with Crippen molar-refractivity contribution in [1.29, 1.82) is 0 Å². The summed E-state index contributed by atoms with van der Waals surface area (Å²) < 4.78 is 0. The molecule has 0 aliphatic heterocycles. The number of carbonyl (C=O) groups is 1. The number of anilines is 1. The van der Waals surface area contributed by atoms with Crippen LogP contribution < -0.4 is 11.1 Å². The maximum absolute atomic E-state index is 11.6. The zero-order chi connectivity index (χ0) is 12.7. The molecular weight excluding hydrogens is 232 g/mol. The van der Waals surface area contributed by atoms with Crippen LogP contribution in [0.1, 0.15) is 25.3 Å². The van der Waals surface area contributed by atoms with Crippen molar-refractivity contribution in [2.45, 2.75) is 19.8 Å². The first-order chi connectivity index (χ1) is 8.13. The van der Waals surface area contributed by atoms with Crippen molar-refractivity contribution < 1.29 is 4.79 Å². The molecule has 94 valence electrons. The van der Waals surface area contributed by atoms with E-state index in [0.717, 1.165) is 11.4 Å². The highest BCUT2D eigenvalue weighted by Gasteiger charge is 2.04. The van der Waals surface area contributed by atoms with Crippen molar-refractivity contribution in [2.24, 2.45) is 5.73 Å². The van der Waals surface area contributed by atoms with Crippen LogP contribution in [0.2, 0.25) is 0 Å². The van der Waals surface area contributed by atoms with Gasteiger partial charge in [0, 0.05) is 18.0 Å². The molecule has 1 aromatic rings. The molecule has 0 bridgehead atoms. The molecule has 1 aromatic carbocycles. The van der Waals surface area contributed by atoms with Gasteiger partial charge in [-0.05, 0) is 23.6 Å². The summed E-state index contributed by atoms with van der Waals surface area (Å²) in [6, 6.07) is 7.98. The number of benzene rings is 1. The summed E-state index contributed by atoms with van der Waals surface area (Å²) in [4.78, 5) is 11.6. The van der Waals surface area contributed by atoms with Crippen molar-refractivity contribution in [1.82, 2.24) is 0 Å². The molecule has 4 heteroatoms. The lowest BCUT2D eigenvalue weighted by atomic mass is 10.0. The van der Waals surface area contributed by atoms with Crippen molar-refractivity contribution in [2.75, 3.05) is 23.4 Å². The molecule has 1 rings (SSSR count). The number of nitrogens with two attached hydrogens (primary N) is 1. The Morgan fingerprint density at radius 3 is 2.88 bits per heavy atom. The Balaban J connectivity index is 2.50. The first-order valence-electron chi connectivity index (χ1n) is 5.81. The van der Waals surface area contributed by atoms with Crippen LogP contribution in [0.3, 0.4) is 0 Å². The van der Waals surface area contributed by atoms with E-state index in [2.05, 4.69) is 25.2 Å². The average Bonchev–Trinajstić information content (AvgIpc) is 2.29. The fourth-order valence-electron chi connectivity index (χ4n) is 1.42. The largest absolute Gasteiger partial charge is 0.330 e. The lowest BCUT2D eigenvalue weighted by molar-refractivity contribution is -0.113. The zero-order valence-electron chi connectivity index (χ0n) is 10.4. The standard InChI is InChI=1S/C13H20N2OS/c1-10(2)11-4-3-5-12(8-11)15-13(16)9-17-7-6-14/h3-5,8,10H,6-7,9,14H2,1-2H3,(H,15,16). The van der Waals surface area contributed by atoms with Gasteiger partial charge in [0.15, 0.2) is 0 Å². The van der Waals surface area contributed by atoms with Crippen molar-refractivity contribution >= 4 is 23.4 Å². The molecule has 0 aliphatic carbocycles. The summed E-state index contributed by atoms with van der Waals surface area (Å²) in [5, 5.41) is 2.90. The third-order valence-corrected chi connectivity index (χ3v) is 3.32. The Labute approximate surface area is 107 Å². The van der Waals surface area contributed by atoms with E-state index < -0.39 is 0 Å². The lowest BCUT2D eigenvalue weighted by Gasteiger charge is -2.09. The van der Waals surface area contributed by atoms with Crippen LogP contribution in [-0.2, 0) is 4.79 Å². The SMILES string of the molecule is CC(C)c1cccc(NC(=O)CSCCN)c1. The highest BCUT2D eigenvalue weighted by atomic mass is 32.2. The van der Waals surface area contributed by atoms with E-state index in [1.807, 2.05) is 18.2 Å². The van der Waals surface area contributed by atoms with Crippen LogP contribution in [0, 0.1) is 0 Å². The number of rotatable bonds is 6. The van der Waals surface area contributed by atoms with E-state index in [1.54, 1.807) is 11.8 Å². The number of carbonyl (C=O) groups excluding carboxylic acids is 1. The molecule has 0 atom stereocenters. The first kappa shape index (κ1) is 14.1. The van der Waals surface area contributed by atoms with Crippen molar-refractivity contribution in [3.8, 4) is 0 Å². The van der Waals surface area contributed by atoms with E-state index in [9.17, 15) is 4.79 Å². The first-order valence-corrected chi connectivity index (χ1v) is 6.96. The lowest BCUT2D eigenvalue weighted by Crippen LogP contribution is -2.15. The molecule has 3 N–H and O–H groups in total. The van der Waals surface area contributed by atoms with Gasteiger partial charge in [0.25, 0.3) is 0 Å². The van der Waals surface area contributed by atoms with Crippen LogP contribution in [0.5, 0.6) is 0 Å². The Morgan fingerprint density at radius 2 is 2.24 bits per heavy atom. The van der Waals surface area contributed by atoms with E-state index in [0.29, 0.717) is 18.2 Å². The molecule has 0 radical (unpaired) electrons. The van der Waals surface area contributed by atoms with Crippen LogP contribution in [0.25, 0.3) is 0 Å². The quantitative estimate of drug-likeness (QED) is 0.765. The van der Waals surface area contributed by atoms with Gasteiger partial charge in [-0.25, -0.2) is 0 Å². The molecule has 0 aliphatic rings. The number of amides is 1. The monoisotopic (exact) mass is 252 g/mol. The molecule has 0 aromatic heterocycles. The highest BCUT2D eigenvalue weighted by molar-refractivity contribution is 7.99. The molecule has 0 heterocycles. The smallest absolute Gasteiger partial charge is 0.234 e. The van der Waals surface area contributed by atoms with E-state index >= 15 is 0 Å². The Bertz CT molecular complexity index is 366. The van der Waals surface area contributed by atoms with Gasteiger partial charge in [0.2, 0.25) is 5.91 Å². The van der Waals surface area contributed by atoms with Gasteiger partial charge in [0.05, 0.1) is 5.75 Å². The van der Waals surface area contributed by atoms with Crippen LogP contribution in [0.15, 0.2) is 24.3 Å². The van der Waals surface area contributed by atoms with Gasteiger partial charge in [-0.2, -0.15) is 11.8 Å². The molecule has 0 fully saturated rings.